The van der Waals surface area contributed by atoms with Crippen LogP contribution in [0.3, 0.4) is 0 Å². The summed E-state index contributed by atoms with van der Waals surface area (Å²) in [6, 6.07) is -0.371. The summed E-state index contributed by atoms with van der Waals surface area (Å²) >= 11 is 0. The van der Waals surface area contributed by atoms with E-state index < -0.39 is 11.7 Å². The lowest BCUT2D eigenvalue weighted by atomic mass is 10.2. The van der Waals surface area contributed by atoms with E-state index in [0.717, 1.165) is 0 Å². The average molecular weight is 219 g/mol. The normalized spacial score (nSPS) is 13.5. The van der Waals surface area contributed by atoms with Crippen molar-refractivity contribution in [2.75, 3.05) is 27.4 Å². The van der Waals surface area contributed by atoms with Gasteiger partial charge in [0, 0.05) is 14.2 Å². The Morgan fingerprint density at radius 2 is 2.00 bits per heavy atom. The van der Waals surface area contributed by atoms with E-state index in [1.165, 1.54) is 12.0 Å². The Morgan fingerprint density at radius 1 is 1.47 bits per heavy atom. The molecule has 0 aliphatic rings. The Bertz CT molecular complexity index is 200. The number of hydrogen-bond donors (Lipinski definition) is 1. The second kappa shape index (κ2) is 5.92. The van der Waals surface area contributed by atoms with Crippen LogP contribution in [0.1, 0.15) is 20.8 Å². The third-order valence-electron chi connectivity index (χ3n) is 1.80. The second-order valence-electron chi connectivity index (χ2n) is 4.38. The molecule has 5 heteroatoms. The van der Waals surface area contributed by atoms with Crippen molar-refractivity contribution in [2.45, 2.75) is 32.4 Å². The van der Waals surface area contributed by atoms with Crippen molar-refractivity contribution in [3.05, 3.63) is 0 Å². The summed E-state index contributed by atoms with van der Waals surface area (Å²) in [4.78, 5) is 12.9. The van der Waals surface area contributed by atoms with Gasteiger partial charge in [-0.2, -0.15) is 0 Å². The molecule has 0 radical (unpaired) electrons. The Labute approximate surface area is 91.0 Å². The molecule has 1 atom stereocenters. The van der Waals surface area contributed by atoms with Crippen LogP contribution >= 0.6 is 0 Å². The van der Waals surface area contributed by atoms with Gasteiger partial charge in [-0.05, 0) is 20.8 Å². The van der Waals surface area contributed by atoms with Gasteiger partial charge in [0.05, 0.1) is 19.3 Å². The van der Waals surface area contributed by atoms with E-state index in [4.69, 9.17) is 14.6 Å². The minimum absolute atomic E-state index is 0.149. The minimum atomic E-state index is -0.529. The van der Waals surface area contributed by atoms with Gasteiger partial charge in [0.25, 0.3) is 0 Å². The lowest BCUT2D eigenvalue weighted by Crippen LogP contribution is -2.44. The topological polar surface area (TPSA) is 59.0 Å². The van der Waals surface area contributed by atoms with Crippen LogP contribution in [0.15, 0.2) is 0 Å². The highest BCUT2D eigenvalue weighted by Crippen LogP contribution is 2.10. The Kier molecular flexibility index (Phi) is 5.60. The summed E-state index contributed by atoms with van der Waals surface area (Å²) in [6.07, 6.45) is -0.460. The Hall–Kier alpha value is -0.810. The third kappa shape index (κ3) is 5.59. The van der Waals surface area contributed by atoms with E-state index in [0.29, 0.717) is 0 Å². The number of aliphatic hydroxyl groups excluding tert-OH is 1. The fourth-order valence-electron chi connectivity index (χ4n) is 0.962. The van der Waals surface area contributed by atoms with Crippen molar-refractivity contribution < 1.29 is 19.4 Å². The average Bonchev–Trinajstić information content (AvgIpc) is 2.10. The minimum Gasteiger partial charge on any atom is -0.444 e. The van der Waals surface area contributed by atoms with E-state index in [-0.39, 0.29) is 19.3 Å². The molecular weight excluding hydrogens is 198 g/mol. The smallest absolute Gasteiger partial charge is 0.410 e. The molecule has 15 heavy (non-hydrogen) atoms. The maximum atomic E-state index is 11.6. The first-order valence-corrected chi connectivity index (χ1v) is 4.87. The van der Waals surface area contributed by atoms with Gasteiger partial charge in [0.15, 0.2) is 0 Å². The third-order valence-corrected chi connectivity index (χ3v) is 1.80. The lowest BCUT2D eigenvalue weighted by molar-refractivity contribution is 0.00386. The van der Waals surface area contributed by atoms with Crippen molar-refractivity contribution in [1.29, 1.82) is 0 Å². The van der Waals surface area contributed by atoms with Gasteiger partial charge in [-0.1, -0.05) is 0 Å². The van der Waals surface area contributed by atoms with Crippen molar-refractivity contribution in [2.24, 2.45) is 0 Å². The first-order chi connectivity index (χ1) is 6.81. The highest BCUT2D eigenvalue weighted by molar-refractivity contribution is 5.68. The number of aliphatic hydroxyl groups is 1. The molecule has 0 aromatic carbocycles. The molecule has 0 saturated carbocycles. The molecule has 0 aliphatic heterocycles. The summed E-state index contributed by atoms with van der Waals surface area (Å²) in [5.74, 6) is 0. The number of carbonyl (C=O) groups is 1. The van der Waals surface area contributed by atoms with E-state index in [2.05, 4.69) is 0 Å². The number of carbonyl (C=O) groups excluding carboxylic acids is 1. The van der Waals surface area contributed by atoms with Crippen molar-refractivity contribution in [3.8, 4) is 0 Å². The highest BCUT2D eigenvalue weighted by Gasteiger charge is 2.24. The standard InChI is InChI=1S/C10H21NO4/c1-10(2,3)15-9(13)11(4)8(6-12)7-14-5/h8,12H,6-7H2,1-5H3. The van der Waals surface area contributed by atoms with Crippen LogP contribution in [0, 0.1) is 0 Å². The number of methoxy groups -OCH3 is 1. The lowest BCUT2D eigenvalue weighted by Gasteiger charge is -2.29. The molecule has 0 heterocycles. The number of nitrogens with zero attached hydrogens (tertiary/aromatic N) is 1. The van der Waals surface area contributed by atoms with Gasteiger partial charge in [-0.15, -0.1) is 0 Å². The van der Waals surface area contributed by atoms with E-state index >= 15 is 0 Å². The Balaban J connectivity index is 4.28. The van der Waals surface area contributed by atoms with Crippen LogP contribution in [-0.4, -0.2) is 55.1 Å². The molecule has 0 aliphatic carbocycles. The van der Waals surface area contributed by atoms with E-state index in [9.17, 15) is 4.79 Å². The summed E-state index contributed by atoms with van der Waals surface area (Å²) in [5, 5.41) is 9.05. The van der Waals surface area contributed by atoms with Crippen LogP contribution in [0.25, 0.3) is 0 Å². The zero-order chi connectivity index (χ0) is 12.1. The summed E-state index contributed by atoms with van der Waals surface area (Å²) in [5.41, 5.74) is -0.529. The van der Waals surface area contributed by atoms with Crippen LogP contribution in [0.5, 0.6) is 0 Å². The van der Waals surface area contributed by atoms with Crippen LogP contribution in [-0.2, 0) is 9.47 Å². The molecule has 1 unspecified atom stereocenters. The molecule has 0 fully saturated rings. The molecule has 0 bridgehead atoms. The largest absolute Gasteiger partial charge is 0.444 e. The predicted molar refractivity (Wildman–Crippen MR) is 56.7 cm³/mol. The maximum absolute atomic E-state index is 11.6. The molecule has 0 rings (SSSR count). The zero-order valence-electron chi connectivity index (χ0n) is 10.1. The summed E-state index contributed by atoms with van der Waals surface area (Å²) in [7, 11) is 3.10. The molecular formula is C10H21NO4. The number of rotatable bonds is 4. The maximum Gasteiger partial charge on any atom is 0.410 e. The first-order valence-electron chi connectivity index (χ1n) is 4.87. The molecule has 1 amide bonds. The number of amides is 1. The second-order valence-corrected chi connectivity index (χ2v) is 4.38. The number of likely N-dealkylation sites (N-methyl/N-ethyl adjacent to an activating group) is 1. The van der Waals surface area contributed by atoms with E-state index in [1.807, 2.05) is 0 Å². The van der Waals surface area contributed by atoms with Crippen molar-refractivity contribution in [1.82, 2.24) is 4.90 Å². The number of hydrogen-bond acceptors (Lipinski definition) is 4. The van der Waals surface area contributed by atoms with Crippen molar-refractivity contribution >= 4 is 6.09 Å². The predicted octanol–water partition coefficient (Wildman–Crippen LogP) is 0.861. The zero-order valence-corrected chi connectivity index (χ0v) is 10.1. The monoisotopic (exact) mass is 219 g/mol. The van der Waals surface area contributed by atoms with Crippen LogP contribution in [0.2, 0.25) is 0 Å². The van der Waals surface area contributed by atoms with Gasteiger partial charge in [-0.3, -0.25) is 0 Å². The van der Waals surface area contributed by atoms with Crippen molar-refractivity contribution in [3.63, 3.8) is 0 Å². The molecule has 1 N–H and O–H groups in total. The molecule has 0 saturated heterocycles. The van der Waals surface area contributed by atoms with Gasteiger partial charge < -0.3 is 19.5 Å². The molecule has 0 aromatic heterocycles. The highest BCUT2D eigenvalue weighted by atomic mass is 16.6. The fourth-order valence-corrected chi connectivity index (χ4v) is 0.962. The fraction of sp³-hybridized carbons (Fsp3) is 0.900. The molecule has 0 spiro atoms. The van der Waals surface area contributed by atoms with E-state index in [1.54, 1.807) is 27.8 Å². The van der Waals surface area contributed by atoms with Gasteiger partial charge >= 0.3 is 6.09 Å². The molecule has 0 aromatic rings. The quantitative estimate of drug-likeness (QED) is 0.762. The molecule has 5 nitrogen and oxygen atoms in total. The molecule has 90 valence electrons. The first kappa shape index (κ1) is 14.2. The summed E-state index contributed by atoms with van der Waals surface area (Å²) in [6.45, 7) is 5.52. The van der Waals surface area contributed by atoms with Gasteiger partial charge in [-0.25, -0.2) is 4.79 Å². The van der Waals surface area contributed by atoms with Gasteiger partial charge in [0.1, 0.15) is 5.60 Å². The SMILES string of the molecule is COCC(CO)N(C)C(=O)OC(C)(C)C. The number of ether oxygens (including phenoxy) is 2. The van der Waals surface area contributed by atoms with Crippen LogP contribution in [0.4, 0.5) is 4.79 Å². The van der Waals surface area contributed by atoms with Gasteiger partial charge in [0.2, 0.25) is 0 Å². The van der Waals surface area contributed by atoms with Crippen LogP contribution < -0.4 is 0 Å². The Morgan fingerprint density at radius 3 is 2.33 bits per heavy atom. The summed E-state index contributed by atoms with van der Waals surface area (Å²) < 4.78 is 10.0.